The summed E-state index contributed by atoms with van der Waals surface area (Å²) in [5.74, 6) is -0.408. The zero-order valence-electron chi connectivity index (χ0n) is 8.59. The number of hydrogen-bond donors (Lipinski definition) is 1. The molecule has 2 aliphatic heterocycles. The first-order chi connectivity index (χ1) is 7.14. The molecule has 0 bridgehead atoms. The number of alkyl halides is 1. The number of aliphatic hydroxyl groups is 1. The second-order valence-corrected chi connectivity index (χ2v) is 6.77. The van der Waals surface area contributed by atoms with Gasteiger partial charge in [-0.25, -0.2) is 4.39 Å². The van der Waals surface area contributed by atoms with Gasteiger partial charge in [0, 0.05) is 18.0 Å². The van der Waals surface area contributed by atoms with Crippen molar-refractivity contribution < 1.29 is 19.0 Å². The zero-order chi connectivity index (χ0) is 10.6. The number of halogens is 1. The molecule has 2 heterocycles. The normalized spacial score (nSPS) is 42.8. The van der Waals surface area contributed by atoms with Crippen molar-refractivity contribution in [3.05, 3.63) is 0 Å². The quantitative estimate of drug-likeness (QED) is 0.697. The third-order valence-corrected chi connectivity index (χ3v) is 6.19. The van der Waals surface area contributed by atoms with Gasteiger partial charge in [-0.3, -0.25) is 0 Å². The summed E-state index contributed by atoms with van der Waals surface area (Å²) < 4.78 is 25.1. The van der Waals surface area contributed by atoms with Gasteiger partial charge in [-0.2, -0.15) is 0 Å². The van der Waals surface area contributed by atoms with Crippen molar-refractivity contribution in [2.45, 2.75) is 42.0 Å². The average Bonchev–Trinajstić information content (AvgIpc) is 2.62. The molecule has 2 atom stereocenters. The van der Waals surface area contributed by atoms with Gasteiger partial charge in [0.1, 0.15) is 0 Å². The van der Waals surface area contributed by atoms with Crippen LogP contribution in [0, 0.1) is 0 Å². The lowest BCUT2D eigenvalue weighted by atomic mass is 9.82. The van der Waals surface area contributed by atoms with Gasteiger partial charge in [-0.05, 0) is 12.8 Å². The van der Waals surface area contributed by atoms with Crippen LogP contribution in [0.25, 0.3) is 0 Å². The van der Waals surface area contributed by atoms with Gasteiger partial charge in [-0.15, -0.1) is 0 Å². The lowest BCUT2D eigenvalue weighted by Crippen LogP contribution is -2.40. The molecule has 0 aromatic rings. The van der Waals surface area contributed by atoms with E-state index in [0.29, 0.717) is 13.2 Å². The average molecular weight is 234 g/mol. The molecule has 3 fully saturated rings. The molecule has 3 aliphatic rings. The molecular weight excluding hydrogens is 218 g/mol. The summed E-state index contributed by atoms with van der Waals surface area (Å²) in [7, 11) is 0.268. The summed E-state index contributed by atoms with van der Waals surface area (Å²) in [5, 5.41) is 7.49. The van der Waals surface area contributed by atoms with E-state index in [4.69, 9.17) is 14.6 Å². The van der Waals surface area contributed by atoms with E-state index in [9.17, 15) is 4.39 Å². The smallest absolute Gasteiger partial charge is 0.168 e. The number of hydrogen-bond acceptors (Lipinski definition) is 3. The van der Waals surface area contributed by atoms with Crippen LogP contribution >= 0.6 is 8.58 Å². The fraction of sp³-hybridized carbons (Fsp3) is 1.00. The third-order valence-electron chi connectivity index (χ3n) is 4.03. The highest BCUT2D eigenvalue weighted by molar-refractivity contribution is 7.51. The molecule has 0 aromatic carbocycles. The molecule has 2 unspecified atom stereocenters. The summed E-state index contributed by atoms with van der Waals surface area (Å²) in [6.07, 6.45) is 3.16. The van der Waals surface area contributed by atoms with Crippen LogP contribution in [0.15, 0.2) is 0 Å². The minimum Gasteiger partial charge on any atom is -0.393 e. The molecule has 2 spiro atoms. The van der Waals surface area contributed by atoms with Crippen molar-refractivity contribution in [2.24, 2.45) is 0 Å². The minimum atomic E-state index is -1.28. The van der Waals surface area contributed by atoms with E-state index < -0.39 is 11.2 Å². The highest BCUT2D eigenvalue weighted by atomic mass is 31.1. The van der Waals surface area contributed by atoms with E-state index in [1.165, 1.54) is 0 Å². The van der Waals surface area contributed by atoms with Crippen molar-refractivity contribution in [2.75, 3.05) is 19.8 Å². The molecule has 1 aliphatic carbocycles. The number of rotatable bonds is 1. The fourth-order valence-electron chi connectivity index (χ4n) is 2.90. The first-order valence-corrected chi connectivity index (χ1v) is 6.51. The second kappa shape index (κ2) is 3.13. The maximum absolute atomic E-state index is 13.9. The van der Waals surface area contributed by atoms with Crippen LogP contribution in [0.3, 0.4) is 0 Å². The second-order valence-electron chi connectivity index (χ2n) is 4.77. The van der Waals surface area contributed by atoms with Gasteiger partial charge in [-0.1, -0.05) is 8.58 Å². The van der Waals surface area contributed by atoms with Gasteiger partial charge >= 0.3 is 0 Å². The molecule has 5 heteroatoms. The van der Waals surface area contributed by atoms with Gasteiger partial charge in [0.25, 0.3) is 0 Å². The topological polar surface area (TPSA) is 38.7 Å². The summed E-state index contributed by atoms with van der Waals surface area (Å²) >= 11 is 0. The number of ether oxygens (including phenoxy) is 2. The molecule has 0 radical (unpaired) electrons. The Morgan fingerprint density at radius 2 is 1.73 bits per heavy atom. The summed E-state index contributed by atoms with van der Waals surface area (Å²) in [6.45, 7) is 1.01. The predicted molar refractivity (Wildman–Crippen MR) is 55.1 cm³/mol. The third kappa shape index (κ3) is 1.39. The Bertz CT molecular complexity index is 270. The number of aliphatic hydroxyl groups excluding tert-OH is 1. The molecule has 1 saturated carbocycles. The predicted octanol–water partition coefficient (Wildman–Crippen LogP) is 1.39. The van der Waals surface area contributed by atoms with Crippen LogP contribution in [-0.4, -0.2) is 41.3 Å². The van der Waals surface area contributed by atoms with Gasteiger partial charge in [0.05, 0.1) is 19.8 Å². The van der Waals surface area contributed by atoms with Crippen LogP contribution in [0.2, 0.25) is 0 Å². The Balaban J connectivity index is 1.67. The lowest BCUT2D eigenvalue weighted by molar-refractivity contribution is -0.181. The van der Waals surface area contributed by atoms with E-state index in [1.807, 2.05) is 0 Å². The van der Waals surface area contributed by atoms with Gasteiger partial charge in [0.2, 0.25) is 0 Å². The molecule has 0 aromatic heterocycles. The molecular formula is C10H16FO3P. The Morgan fingerprint density at radius 1 is 1.13 bits per heavy atom. The Kier molecular flexibility index (Phi) is 2.17. The molecule has 2 saturated heterocycles. The summed E-state index contributed by atoms with van der Waals surface area (Å²) in [6, 6.07) is 0. The SMILES string of the molecule is OCC1(F)PC12CCC1(CC2)OCCO1. The zero-order valence-corrected chi connectivity index (χ0v) is 9.59. The van der Waals surface area contributed by atoms with E-state index in [2.05, 4.69) is 0 Å². The highest BCUT2D eigenvalue weighted by Gasteiger charge is 2.70. The Labute approximate surface area is 90.1 Å². The monoisotopic (exact) mass is 234 g/mol. The molecule has 3 rings (SSSR count). The van der Waals surface area contributed by atoms with Crippen LogP contribution in [0.1, 0.15) is 25.7 Å². The van der Waals surface area contributed by atoms with E-state index in [-0.39, 0.29) is 20.3 Å². The summed E-state index contributed by atoms with van der Waals surface area (Å²) in [5.41, 5.74) is 0. The molecule has 0 amide bonds. The standard InChI is InChI=1S/C10H16FO3P/c11-10(7-12)8(15-10)1-3-9(4-2-8)13-5-6-14-9/h12,15H,1-7H2. The Hall–Kier alpha value is 0.240. The molecule has 86 valence electrons. The fourth-order valence-corrected chi connectivity index (χ4v) is 4.51. The van der Waals surface area contributed by atoms with Crippen molar-refractivity contribution in [1.29, 1.82) is 0 Å². The molecule has 1 N–H and O–H groups in total. The van der Waals surface area contributed by atoms with Crippen molar-refractivity contribution in [1.82, 2.24) is 0 Å². The van der Waals surface area contributed by atoms with Crippen LogP contribution in [-0.2, 0) is 9.47 Å². The van der Waals surface area contributed by atoms with Crippen LogP contribution < -0.4 is 0 Å². The first-order valence-electron chi connectivity index (χ1n) is 5.51. The van der Waals surface area contributed by atoms with Crippen molar-refractivity contribution in [3.8, 4) is 0 Å². The van der Waals surface area contributed by atoms with E-state index >= 15 is 0 Å². The maximum atomic E-state index is 13.9. The highest BCUT2D eigenvalue weighted by Crippen LogP contribution is 2.76. The van der Waals surface area contributed by atoms with Crippen LogP contribution in [0.4, 0.5) is 4.39 Å². The lowest BCUT2D eigenvalue weighted by Gasteiger charge is -2.36. The molecule has 3 nitrogen and oxygen atoms in total. The van der Waals surface area contributed by atoms with Gasteiger partial charge < -0.3 is 14.6 Å². The first kappa shape index (κ1) is 10.4. The van der Waals surface area contributed by atoms with E-state index in [1.54, 1.807) is 0 Å². The summed E-state index contributed by atoms with van der Waals surface area (Å²) in [4.78, 5) is 0. The van der Waals surface area contributed by atoms with Crippen molar-refractivity contribution >= 4 is 8.58 Å². The Morgan fingerprint density at radius 3 is 2.20 bits per heavy atom. The maximum Gasteiger partial charge on any atom is 0.168 e. The van der Waals surface area contributed by atoms with Crippen molar-refractivity contribution in [3.63, 3.8) is 0 Å². The molecule has 15 heavy (non-hydrogen) atoms. The van der Waals surface area contributed by atoms with E-state index in [0.717, 1.165) is 25.7 Å². The van der Waals surface area contributed by atoms with Gasteiger partial charge in [0.15, 0.2) is 11.2 Å². The minimum absolute atomic E-state index is 0.234. The largest absolute Gasteiger partial charge is 0.393 e. The van der Waals surface area contributed by atoms with Crippen LogP contribution in [0.5, 0.6) is 0 Å².